The van der Waals surface area contributed by atoms with E-state index < -0.39 is 15.8 Å². The summed E-state index contributed by atoms with van der Waals surface area (Å²) < 4.78 is 40.0. The maximum Gasteiger partial charge on any atom is 0.268 e. The average molecular weight is 379 g/mol. The molecule has 0 saturated carbocycles. The maximum absolute atomic E-state index is 13.1. The fourth-order valence-electron chi connectivity index (χ4n) is 2.55. The third-order valence-corrected chi connectivity index (χ3v) is 5.82. The van der Waals surface area contributed by atoms with E-state index in [0.29, 0.717) is 16.3 Å². The Hall–Kier alpha value is -2.31. The average Bonchev–Trinajstić information content (AvgIpc) is 3.05. The van der Waals surface area contributed by atoms with Crippen molar-refractivity contribution < 1.29 is 12.8 Å². The number of hydrogen-bond acceptors (Lipinski definition) is 3. The van der Waals surface area contributed by atoms with Gasteiger partial charge in [-0.15, -0.1) is 0 Å². The first kappa shape index (κ1) is 17.5. The third-order valence-electron chi connectivity index (χ3n) is 3.81. The summed E-state index contributed by atoms with van der Waals surface area (Å²) in [6.07, 6.45) is 1.46. The van der Waals surface area contributed by atoms with Gasteiger partial charge >= 0.3 is 0 Å². The molecule has 0 bridgehead atoms. The van der Waals surface area contributed by atoms with Crippen molar-refractivity contribution in [1.82, 2.24) is 3.97 Å². The van der Waals surface area contributed by atoms with E-state index in [9.17, 15) is 12.8 Å². The van der Waals surface area contributed by atoms with Crippen LogP contribution in [-0.2, 0) is 10.0 Å². The molecule has 1 heterocycles. The summed E-state index contributed by atoms with van der Waals surface area (Å²) in [6, 6.07) is 13.5. The summed E-state index contributed by atoms with van der Waals surface area (Å²) in [5.41, 5.74) is 1.99. The molecule has 3 aromatic rings. The van der Waals surface area contributed by atoms with Crippen LogP contribution in [0.2, 0.25) is 5.02 Å². The molecule has 0 N–H and O–H groups in total. The van der Waals surface area contributed by atoms with Gasteiger partial charge in [-0.3, -0.25) is 0 Å². The summed E-state index contributed by atoms with van der Waals surface area (Å²) in [7, 11) is -0.0789. The van der Waals surface area contributed by atoms with Crippen molar-refractivity contribution in [2.24, 2.45) is 0 Å². The van der Waals surface area contributed by atoms with Gasteiger partial charge in [0, 0.05) is 25.9 Å². The molecule has 0 fully saturated rings. The predicted molar refractivity (Wildman–Crippen MR) is 98.2 cm³/mol. The van der Waals surface area contributed by atoms with E-state index in [4.69, 9.17) is 11.6 Å². The third kappa shape index (κ3) is 3.27. The zero-order chi connectivity index (χ0) is 18.2. The van der Waals surface area contributed by atoms with E-state index in [1.54, 1.807) is 18.2 Å². The lowest BCUT2D eigenvalue weighted by atomic mass is 10.1. The second kappa shape index (κ2) is 6.54. The van der Waals surface area contributed by atoms with Gasteiger partial charge in [-0.1, -0.05) is 17.7 Å². The first-order valence-corrected chi connectivity index (χ1v) is 9.28. The number of aromatic nitrogens is 1. The van der Waals surface area contributed by atoms with Gasteiger partial charge in [-0.2, -0.15) is 0 Å². The van der Waals surface area contributed by atoms with Crippen molar-refractivity contribution in [3.8, 4) is 11.3 Å². The molecular formula is C18H16ClFN2O2S. The fourth-order valence-corrected chi connectivity index (χ4v) is 4.26. The van der Waals surface area contributed by atoms with E-state index in [-0.39, 0.29) is 4.90 Å². The summed E-state index contributed by atoms with van der Waals surface area (Å²) >= 11 is 6.30. The van der Waals surface area contributed by atoms with Gasteiger partial charge in [-0.05, 0) is 48.5 Å². The van der Waals surface area contributed by atoms with Gasteiger partial charge in [0.25, 0.3) is 10.0 Å². The highest BCUT2D eigenvalue weighted by atomic mass is 35.5. The molecule has 0 amide bonds. The molecule has 0 aliphatic heterocycles. The minimum atomic E-state index is -3.83. The van der Waals surface area contributed by atoms with Crippen molar-refractivity contribution >= 4 is 27.3 Å². The Morgan fingerprint density at radius 1 is 1.04 bits per heavy atom. The fraction of sp³-hybridized carbons (Fsp3) is 0.111. The second-order valence-electron chi connectivity index (χ2n) is 5.71. The summed E-state index contributed by atoms with van der Waals surface area (Å²) in [4.78, 5) is 1.89. The molecule has 2 aromatic carbocycles. The van der Waals surface area contributed by atoms with Crippen LogP contribution in [0.3, 0.4) is 0 Å². The van der Waals surface area contributed by atoms with Crippen molar-refractivity contribution in [2.75, 3.05) is 19.0 Å². The molecule has 0 atom stereocenters. The van der Waals surface area contributed by atoms with Gasteiger partial charge in [0.15, 0.2) is 0 Å². The molecule has 0 saturated heterocycles. The summed E-state index contributed by atoms with van der Waals surface area (Å²) in [6.45, 7) is 0. The van der Waals surface area contributed by atoms with Gasteiger partial charge in [0.1, 0.15) is 5.82 Å². The van der Waals surface area contributed by atoms with Crippen LogP contribution < -0.4 is 4.90 Å². The first-order valence-electron chi connectivity index (χ1n) is 7.46. The monoisotopic (exact) mass is 378 g/mol. The van der Waals surface area contributed by atoms with Crippen LogP contribution in [0.15, 0.2) is 65.7 Å². The Morgan fingerprint density at radius 3 is 2.32 bits per heavy atom. The molecule has 25 heavy (non-hydrogen) atoms. The van der Waals surface area contributed by atoms with E-state index in [0.717, 1.165) is 17.8 Å². The van der Waals surface area contributed by atoms with Crippen molar-refractivity contribution in [2.45, 2.75) is 4.90 Å². The lowest BCUT2D eigenvalue weighted by Crippen LogP contribution is -2.13. The van der Waals surface area contributed by atoms with Gasteiger partial charge in [0.05, 0.1) is 21.3 Å². The van der Waals surface area contributed by atoms with Crippen molar-refractivity contribution in [3.63, 3.8) is 0 Å². The van der Waals surface area contributed by atoms with E-state index in [1.807, 2.05) is 31.1 Å². The molecule has 0 aliphatic rings. The molecule has 7 heteroatoms. The van der Waals surface area contributed by atoms with Gasteiger partial charge in [-0.25, -0.2) is 16.8 Å². The molecule has 0 spiro atoms. The van der Waals surface area contributed by atoms with E-state index in [1.165, 1.54) is 22.3 Å². The first-order chi connectivity index (χ1) is 11.8. The molecule has 0 radical (unpaired) electrons. The van der Waals surface area contributed by atoms with Gasteiger partial charge in [0.2, 0.25) is 0 Å². The molecular weight excluding hydrogens is 363 g/mol. The maximum atomic E-state index is 13.1. The van der Waals surface area contributed by atoms with Crippen LogP contribution in [0, 0.1) is 5.82 Å². The topological polar surface area (TPSA) is 42.3 Å². The summed E-state index contributed by atoms with van der Waals surface area (Å²) in [5, 5.41) is 0.523. The molecule has 0 unspecified atom stereocenters. The summed E-state index contributed by atoms with van der Waals surface area (Å²) in [5.74, 6) is -0.488. The number of benzene rings is 2. The lowest BCUT2D eigenvalue weighted by molar-refractivity contribution is 0.587. The number of anilines is 1. The lowest BCUT2D eigenvalue weighted by Gasteiger charge is -2.16. The van der Waals surface area contributed by atoms with E-state index in [2.05, 4.69) is 0 Å². The number of halogens is 2. The molecule has 130 valence electrons. The van der Waals surface area contributed by atoms with Crippen molar-refractivity contribution in [3.05, 3.63) is 71.6 Å². The van der Waals surface area contributed by atoms with E-state index >= 15 is 0 Å². The minimum absolute atomic E-state index is 0.0161. The Labute approximate surface area is 151 Å². The normalized spacial score (nSPS) is 11.5. The Balaban J connectivity index is 2.09. The standard InChI is InChI=1S/C18H16ClFN2O2S/c1-21(2)18-10-5-13(12-16(18)19)17-4-3-11-22(17)25(23,24)15-8-6-14(20)7-9-15/h3-12H,1-2H3. The van der Waals surface area contributed by atoms with Gasteiger partial charge < -0.3 is 4.90 Å². The Morgan fingerprint density at radius 2 is 1.72 bits per heavy atom. The van der Waals surface area contributed by atoms with Crippen LogP contribution in [0.1, 0.15) is 0 Å². The minimum Gasteiger partial charge on any atom is -0.376 e. The SMILES string of the molecule is CN(C)c1ccc(-c2cccn2S(=O)(=O)c2ccc(F)cc2)cc1Cl. The van der Waals surface area contributed by atoms with Crippen molar-refractivity contribution in [1.29, 1.82) is 0 Å². The largest absolute Gasteiger partial charge is 0.376 e. The predicted octanol–water partition coefficient (Wildman–Crippen LogP) is 4.25. The van der Waals surface area contributed by atoms with Crippen LogP contribution >= 0.6 is 11.6 Å². The Bertz CT molecular complexity index is 1010. The molecule has 1 aromatic heterocycles. The second-order valence-corrected chi connectivity index (χ2v) is 7.93. The highest BCUT2D eigenvalue weighted by molar-refractivity contribution is 7.90. The molecule has 0 aliphatic carbocycles. The van der Waals surface area contributed by atoms with Crippen LogP contribution in [0.25, 0.3) is 11.3 Å². The smallest absolute Gasteiger partial charge is 0.268 e. The molecule has 4 nitrogen and oxygen atoms in total. The number of hydrogen-bond donors (Lipinski definition) is 0. The Kier molecular flexibility index (Phi) is 4.58. The highest BCUT2D eigenvalue weighted by Crippen LogP contribution is 2.32. The van der Waals surface area contributed by atoms with Crippen LogP contribution in [0.5, 0.6) is 0 Å². The number of rotatable bonds is 4. The van der Waals surface area contributed by atoms with Crippen LogP contribution in [-0.4, -0.2) is 26.5 Å². The highest BCUT2D eigenvalue weighted by Gasteiger charge is 2.20. The van der Waals surface area contributed by atoms with Crippen LogP contribution in [0.4, 0.5) is 10.1 Å². The zero-order valence-corrected chi connectivity index (χ0v) is 15.2. The molecule has 3 rings (SSSR count). The quantitative estimate of drug-likeness (QED) is 0.681. The zero-order valence-electron chi connectivity index (χ0n) is 13.6. The number of nitrogens with zero attached hydrogens (tertiary/aromatic N) is 2.